The number of hydrogen-bond donors (Lipinski definition) is 1. The summed E-state index contributed by atoms with van der Waals surface area (Å²) >= 11 is 1.38. The second-order valence-corrected chi connectivity index (χ2v) is 5.79. The van der Waals surface area contributed by atoms with E-state index in [2.05, 4.69) is 15.4 Å². The predicted molar refractivity (Wildman–Crippen MR) is 81.8 cm³/mol. The fourth-order valence-corrected chi connectivity index (χ4v) is 2.70. The van der Waals surface area contributed by atoms with Gasteiger partial charge >= 0.3 is 0 Å². The smallest absolute Gasteiger partial charge is 0.278 e. The van der Waals surface area contributed by atoms with E-state index in [1.54, 1.807) is 30.5 Å². The average Bonchev–Trinajstić information content (AvgIpc) is 2.88. The molecular weight excluding hydrogens is 288 g/mol. The third kappa shape index (κ3) is 2.43. The van der Waals surface area contributed by atoms with Crippen molar-refractivity contribution in [3.05, 3.63) is 51.4 Å². The van der Waals surface area contributed by atoms with E-state index in [9.17, 15) is 9.59 Å². The van der Waals surface area contributed by atoms with Crippen LogP contribution in [0.5, 0.6) is 0 Å². The number of nitrogens with one attached hydrogen (secondary N) is 1. The van der Waals surface area contributed by atoms with E-state index in [1.165, 1.54) is 23.1 Å². The summed E-state index contributed by atoms with van der Waals surface area (Å²) in [6, 6.07) is 6.93. The normalized spacial score (nSPS) is 10.8. The van der Waals surface area contributed by atoms with Crippen molar-refractivity contribution in [1.82, 2.24) is 14.8 Å². The Morgan fingerprint density at radius 3 is 2.67 bits per heavy atom. The molecular formula is C14H12N4O2S. The Labute approximate surface area is 124 Å². The van der Waals surface area contributed by atoms with Crippen molar-refractivity contribution in [2.24, 2.45) is 7.05 Å². The van der Waals surface area contributed by atoms with Gasteiger partial charge in [-0.05, 0) is 13.0 Å². The van der Waals surface area contributed by atoms with E-state index in [-0.39, 0.29) is 17.2 Å². The van der Waals surface area contributed by atoms with Crippen LogP contribution < -0.4 is 10.9 Å². The lowest BCUT2D eigenvalue weighted by atomic mass is 10.1. The van der Waals surface area contributed by atoms with Gasteiger partial charge in [-0.25, -0.2) is 9.67 Å². The third-order valence-electron chi connectivity index (χ3n) is 3.01. The van der Waals surface area contributed by atoms with E-state index in [0.717, 1.165) is 4.88 Å². The fourth-order valence-electron chi connectivity index (χ4n) is 2.04. The topological polar surface area (TPSA) is 76.9 Å². The number of benzene rings is 1. The third-order valence-corrected chi connectivity index (χ3v) is 3.84. The molecule has 0 aliphatic rings. The minimum absolute atomic E-state index is 0.209. The largest absolute Gasteiger partial charge is 0.296 e. The van der Waals surface area contributed by atoms with Crippen molar-refractivity contribution >= 4 is 33.1 Å². The van der Waals surface area contributed by atoms with Gasteiger partial charge in [-0.2, -0.15) is 5.10 Å². The van der Waals surface area contributed by atoms with Gasteiger partial charge in [0.1, 0.15) is 0 Å². The number of carbonyl (C=O) groups is 1. The van der Waals surface area contributed by atoms with Crippen LogP contribution in [0.4, 0.5) is 5.13 Å². The summed E-state index contributed by atoms with van der Waals surface area (Å²) < 4.78 is 1.17. The summed E-state index contributed by atoms with van der Waals surface area (Å²) in [4.78, 5) is 29.5. The molecule has 0 bridgehead atoms. The highest BCUT2D eigenvalue weighted by Crippen LogP contribution is 2.19. The Kier molecular flexibility index (Phi) is 3.26. The molecule has 0 saturated heterocycles. The van der Waals surface area contributed by atoms with Crippen LogP contribution in [0.25, 0.3) is 10.8 Å². The highest BCUT2D eigenvalue weighted by Gasteiger charge is 2.16. The van der Waals surface area contributed by atoms with Crippen molar-refractivity contribution in [3.8, 4) is 0 Å². The van der Waals surface area contributed by atoms with Gasteiger partial charge in [-0.3, -0.25) is 14.9 Å². The summed E-state index contributed by atoms with van der Waals surface area (Å²) in [5.41, 5.74) is -0.0206. The molecule has 1 aromatic carbocycles. The Morgan fingerprint density at radius 1 is 1.29 bits per heavy atom. The first-order valence-electron chi connectivity index (χ1n) is 6.26. The first-order chi connectivity index (χ1) is 10.1. The SMILES string of the molecule is Cc1cnc(NC(=O)c2nn(C)c(=O)c3ccccc23)s1. The van der Waals surface area contributed by atoms with Gasteiger partial charge in [-0.15, -0.1) is 11.3 Å². The summed E-state index contributed by atoms with van der Waals surface area (Å²) in [6.45, 7) is 1.91. The van der Waals surface area contributed by atoms with E-state index in [4.69, 9.17) is 0 Å². The second-order valence-electron chi connectivity index (χ2n) is 4.55. The number of hydrogen-bond acceptors (Lipinski definition) is 5. The molecule has 6 nitrogen and oxygen atoms in total. The summed E-state index contributed by atoms with van der Waals surface area (Å²) in [7, 11) is 1.53. The van der Waals surface area contributed by atoms with Crippen LogP contribution in [-0.2, 0) is 7.05 Å². The molecule has 0 unspecified atom stereocenters. The molecule has 1 N–H and O–H groups in total. The molecule has 3 rings (SSSR count). The molecule has 0 radical (unpaired) electrons. The lowest BCUT2D eigenvalue weighted by Crippen LogP contribution is -2.25. The predicted octanol–water partition coefficient (Wildman–Crippen LogP) is 1.95. The van der Waals surface area contributed by atoms with Gasteiger partial charge in [-0.1, -0.05) is 18.2 Å². The zero-order valence-corrected chi connectivity index (χ0v) is 12.3. The number of aryl methyl sites for hydroxylation is 2. The summed E-state index contributed by atoms with van der Waals surface area (Å²) in [5, 5.41) is 8.29. The van der Waals surface area contributed by atoms with Crippen LogP contribution in [0.2, 0.25) is 0 Å². The number of aromatic nitrogens is 3. The zero-order chi connectivity index (χ0) is 15.0. The van der Waals surface area contributed by atoms with Gasteiger partial charge in [0.15, 0.2) is 10.8 Å². The number of carbonyl (C=O) groups excluding carboxylic acids is 1. The van der Waals surface area contributed by atoms with Gasteiger partial charge in [0.25, 0.3) is 11.5 Å². The number of fused-ring (bicyclic) bond motifs is 1. The number of thiazole rings is 1. The quantitative estimate of drug-likeness (QED) is 0.784. The highest BCUT2D eigenvalue weighted by atomic mass is 32.1. The fraction of sp³-hybridized carbons (Fsp3) is 0.143. The van der Waals surface area contributed by atoms with Crippen molar-refractivity contribution in [2.75, 3.05) is 5.32 Å². The Morgan fingerprint density at radius 2 is 2.00 bits per heavy atom. The average molecular weight is 300 g/mol. The molecule has 0 saturated carbocycles. The molecule has 0 atom stereocenters. The molecule has 1 amide bonds. The lowest BCUT2D eigenvalue weighted by Gasteiger charge is -2.07. The lowest BCUT2D eigenvalue weighted by molar-refractivity contribution is 0.102. The number of nitrogens with zero attached hydrogens (tertiary/aromatic N) is 3. The van der Waals surface area contributed by atoms with Gasteiger partial charge in [0.2, 0.25) is 0 Å². The Balaban J connectivity index is 2.09. The first kappa shape index (κ1) is 13.4. The van der Waals surface area contributed by atoms with E-state index >= 15 is 0 Å². The van der Waals surface area contributed by atoms with Crippen LogP contribution in [0, 0.1) is 6.92 Å². The van der Waals surface area contributed by atoms with Gasteiger partial charge in [0, 0.05) is 23.5 Å². The molecule has 21 heavy (non-hydrogen) atoms. The molecule has 2 aromatic heterocycles. The molecule has 0 aliphatic carbocycles. The summed E-state index contributed by atoms with van der Waals surface area (Å²) in [5.74, 6) is -0.379. The molecule has 3 aromatic rings. The molecule has 2 heterocycles. The number of rotatable bonds is 2. The molecule has 0 spiro atoms. The Bertz CT molecular complexity index is 897. The molecule has 7 heteroatoms. The summed E-state index contributed by atoms with van der Waals surface area (Å²) in [6.07, 6.45) is 1.69. The van der Waals surface area contributed by atoms with Crippen LogP contribution in [0.15, 0.2) is 35.3 Å². The standard InChI is InChI=1S/C14H12N4O2S/c1-8-7-15-14(21-8)16-12(19)11-9-5-3-4-6-10(9)13(20)18(2)17-11/h3-7H,1-2H3,(H,15,16,19). The minimum atomic E-state index is -0.379. The second kappa shape index (κ2) is 5.10. The minimum Gasteiger partial charge on any atom is -0.296 e. The van der Waals surface area contributed by atoms with Gasteiger partial charge < -0.3 is 0 Å². The van der Waals surface area contributed by atoms with Crippen LogP contribution >= 0.6 is 11.3 Å². The van der Waals surface area contributed by atoms with E-state index < -0.39 is 0 Å². The van der Waals surface area contributed by atoms with Crippen molar-refractivity contribution in [2.45, 2.75) is 6.92 Å². The maximum absolute atomic E-state index is 12.4. The van der Waals surface area contributed by atoms with E-state index in [1.807, 2.05) is 6.92 Å². The number of anilines is 1. The van der Waals surface area contributed by atoms with Crippen LogP contribution in [-0.4, -0.2) is 20.7 Å². The highest BCUT2D eigenvalue weighted by molar-refractivity contribution is 7.15. The molecule has 0 aliphatic heterocycles. The first-order valence-corrected chi connectivity index (χ1v) is 7.08. The maximum atomic E-state index is 12.4. The Hall–Kier alpha value is -2.54. The van der Waals surface area contributed by atoms with Crippen molar-refractivity contribution in [1.29, 1.82) is 0 Å². The number of amides is 1. The van der Waals surface area contributed by atoms with Crippen molar-refractivity contribution in [3.63, 3.8) is 0 Å². The van der Waals surface area contributed by atoms with Crippen LogP contribution in [0.1, 0.15) is 15.4 Å². The van der Waals surface area contributed by atoms with Crippen molar-refractivity contribution < 1.29 is 4.79 Å². The zero-order valence-electron chi connectivity index (χ0n) is 11.5. The molecule has 0 fully saturated rings. The van der Waals surface area contributed by atoms with Gasteiger partial charge in [0.05, 0.1) is 5.39 Å². The van der Waals surface area contributed by atoms with E-state index in [0.29, 0.717) is 15.9 Å². The molecule has 106 valence electrons. The maximum Gasteiger partial charge on any atom is 0.278 e. The monoisotopic (exact) mass is 300 g/mol. The van der Waals surface area contributed by atoms with Crippen LogP contribution in [0.3, 0.4) is 0 Å².